The van der Waals surface area contributed by atoms with Crippen molar-refractivity contribution in [3.8, 4) is 5.75 Å². The summed E-state index contributed by atoms with van der Waals surface area (Å²) >= 11 is 0. The molecule has 0 aliphatic heterocycles. The molecule has 4 aromatic rings. The van der Waals surface area contributed by atoms with E-state index in [9.17, 15) is 27.9 Å². The predicted molar refractivity (Wildman–Crippen MR) is 129 cm³/mol. The molecule has 0 bridgehead atoms. The minimum atomic E-state index is -4.47. The summed E-state index contributed by atoms with van der Waals surface area (Å²) in [5, 5.41) is 13.5. The second-order valence-electron chi connectivity index (χ2n) is 8.22. The minimum Gasteiger partial charge on any atom is -0.489 e. The maximum absolute atomic E-state index is 13.2. The number of ether oxygens (including phenoxy) is 1. The average Bonchev–Trinajstić information content (AvgIpc) is 2.86. The molecule has 4 rings (SSSR count). The van der Waals surface area contributed by atoms with Gasteiger partial charge in [0.25, 0.3) is 5.91 Å². The van der Waals surface area contributed by atoms with Gasteiger partial charge in [-0.15, -0.1) is 0 Å². The lowest BCUT2D eigenvalue weighted by molar-refractivity contribution is -0.139. The number of carbonyl (C=O) groups is 2. The van der Waals surface area contributed by atoms with Gasteiger partial charge in [0, 0.05) is 17.5 Å². The number of carboxylic acids is 1. The Bertz CT molecular complexity index is 1390. The lowest BCUT2D eigenvalue weighted by Gasteiger charge is -2.15. The molecular formula is C28H22F3NO4. The van der Waals surface area contributed by atoms with E-state index in [2.05, 4.69) is 5.32 Å². The molecule has 0 aliphatic carbocycles. The SMILES string of the molecule is O=C(NC(Cc1ccccc1)C(=O)O)c1ccc2cc(OCc3ccccc3C(F)(F)F)ccc2c1. The van der Waals surface area contributed by atoms with E-state index < -0.39 is 29.7 Å². The lowest BCUT2D eigenvalue weighted by atomic mass is 10.0. The monoisotopic (exact) mass is 493 g/mol. The number of rotatable bonds is 8. The molecule has 0 heterocycles. The van der Waals surface area contributed by atoms with Gasteiger partial charge in [-0.25, -0.2) is 4.79 Å². The smallest absolute Gasteiger partial charge is 0.416 e. The van der Waals surface area contributed by atoms with Gasteiger partial charge in [0.1, 0.15) is 18.4 Å². The third-order valence-corrected chi connectivity index (χ3v) is 5.68. The molecule has 0 aliphatic rings. The van der Waals surface area contributed by atoms with Crippen molar-refractivity contribution in [1.82, 2.24) is 5.32 Å². The first-order valence-corrected chi connectivity index (χ1v) is 11.1. The van der Waals surface area contributed by atoms with Gasteiger partial charge < -0.3 is 15.2 Å². The first-order chi connectivity index (χ1) is 17.2. The van der Waals surface area contributed by atoms with Crippen molar-refractivity contribution < 1.29 is 32.6 Å². The van der Waals surface area contributed by atoms with Crippen molar-refractivity contribution in [2.75, 3.05) is 0 Å². The van der Waals surface area contributed by atoms with E-state index in [0.29, 0.717) is 16.5 Å². The number of alkyl halides is 3. The molecule has 0 saturated carbocycles. The molecule has 0 saturated heterocycles. The van der Waals surface area contributed by atoms with E-state index in [1.807, 2.05) is 6.07 Å². The molecule has 0 aromatic heterocycles. The topological polar surface area (TPSA) is 75.6 Å². The second-order valence-corrected chi connectivity index (χ2v) is 8.22. The van der Waals surface area contributed by atoms with Crippen LogP contribution in [0.4, 0.5) is 13.2 Å². The van der Waals surface area contributed by atoms with Gasteiger partial charge in [0.2, 0.25) is 0 Å². The number of amides is 1. The molecular weight excluding hydrogens is 471 g/mol. The summed E-state index contributed by atoms with van der Waals surface area (Å²) in [6, 6.07) is 23.0. The summed E-state index contributed by atoms with van der Waals surface area (Å²) in [5.41, 5.74) is 0.359. The van der Waals surface area contributed by atoms with Crippen LogP contribution in [-0.2, 0) is 24.0 Å². The number of benzene rings is 4. The normalized spacial score (nSPS) is 12.2. The van der Waals surface area contributed by atoms with Crippen molar-refractivity contribution in [3.63, 3.8) is 0 Å². The molecule has 5 nitrogen and oxygen atoms in total. The van der Waals surface area contributed by atoms with Crippen molar-refractivity contribution in [3.05, 3.63) is 113 Å². The van der Waals surface area contributed by atoms with Gasteiger partial charge in [-0.3, -0.25) is 4.79 Å². The summed E-state index contributed by atoms with van der Waals surface area (Å²) in [7, 11) is 0. The number of nitrogens with one attached hydrogen (secondary N) is 1. The molecule has 0 radical (unpaired) electrons. The Labute approximate surface area is 205 Å². The number of aliphatic carboxylic acids is 1. The summed E-state index contributed by atoms with van der Waals surface area (Å²) in [6.07, 6.45) is -4.32. The van der Waals surface area contributed by atoms with Crippen molar-refractivity contribution in [2.45, 2.75) is 25.2 Å². The minimum absolute atomic E-state index is 0.0283. The van der Waals surface area contributed by atoms with Crippen molar-refractivity contribution >= 4 is 22.6 Å². The van der Waals surface area contributed by atoms with E-state index in [-0.39, 0.29) is 24.2 Å². The largest absolute Gasteiger partial charge is 0.489 e. The number of halogens is 3. The number of carboxylic acid groups (broad SMARTS) is 1. The Morgan fingerprint density at radius 1 is 0.861 bits per heavy atom. The zero-order chi connectivity index (χ0) is 25.7. The van der Waals surface area contributed by atoms with Crippen LogP contribution in [0.2, 0.25) is 0 Å². The highest BCUT2D eigenvalue weighted by Gasteiger charge is 2.33. The average molecular weight is 493 g/mol. The molecule has 0 fully saturated rings. The van der Waals surface area contributed by atoms with Gasteiger partial charge >= 0.3 is 12.1 Å². The number of carbonyl (C=O) groups excluding carboxylic acids is 1. The molecule has 2 N–H and O–H groups in total. The van der Waals surface area contributed by atoms with Crippen LogP contribution >= 0.6 is 0 Å². The summed E-state index contributed by atoms with van der Waals surface area (Å²) in [5.74, 6) is -1.28. The molecule has 1 unspecified atom stereocenters. The number of fused-ring (bicyclic) bond motifs is 1. The van der Waals surface area contributed by atoms with Crippen LogP contribution in [0.15, 0.2) is 91.0 Å². The van der Waals surface area contributed by atoms with Gasteiger partial charge in [0.15, 0.2) is 0 Å². The first-order valence-electron chi connectivity index (χ1n) is 11.1. The van der Waals surface area contributed by atoms with Crippen LogP contribution in [0.1, 0.15) is 27.0 Å². The quantitative estimate of drug-likeness (QED) is 0.322. The maximum Gasteiger partial charge on any atom is 0.416 e. The van der Waals surface area contributed by atoms with Crippen molar-refractivity contribution in [2.24, 2.45) is 0 Å². The van der Waals surface area contributed by atoms with Crippen LogP contribution in [0.5, 0.6) is 5.75 Å². The zero-order valence-electron chi connectivity index (χ0n) is 19.0. The van der Waals surface area contributed by atoms with E-state index in [1.54, 1.807) is 60.7 Å². The van der Waals surface area contributed by atoms with Crippen LogP contribution in [-0.4, -0.2) is 23.0 Å². The molecule has 1 atom stereocenters. The Kier molecular flexibility index (Phi) is 7.24. The van der Waals surface area contributed by atoms with Crippen LogP contribution < -0.4 is 10.1 Å². The molecule has 36 heavy (non-hydrogen) atoms. The summed E-state index contributed by atoms with van der Waals surface area (Å²) in [6.45, 7) is -0.250. The van der Waals surface area contributed by atoms with Crippen LogP contribution in [0.25, 0.3) is 10.8 Å². The van der Waals surface area contributed by atoms with Crippen LogP contribution in [0, 0.1) is 0 Å². The Morgan fingerprint density at radius 2 is 1.53 bits per heavy atom. The van der Waals surface area contributed by atoms with Gasteiger partial charge in [-0.1, -0.05) is 60.7 Å². The number of hydrogen-bond donors (Lipinski definition) is 2. The Morgan fingerprint density at radius 3 is 2.25 bits per heavy atom. The zero-order valence-corrected chi connectivity index (χ0v) is 19.0. The van der Waals surface area contributed by atoms with Crippen LogP contribution in [0.3, 0.4) is 0 Å². The Balaban J connectivity index is 1.46. The summed E-state index contributed by atoms with van der Waals surface area (Å²) < 4.78 is 45.2. The van der Waals surface area contributed by atoms with Gasteiger partial charge in [-0.05, 0) is 46.7 Å². The highest BCUT2D eigenvalue weighted by atomic mass is 19.4. The predicted octanol–water partition coefficient (Wildman–Crippen LogP) is 5.86. The molecule has 184 valence electrons. The fourth-order valence-corrected chi connectivity index (χ4v) is 3.83. The summed E-state index contributed by atoms with van der Waals surface area (Å²) in [4.78, 5) is 24.4. The molecule has 1 amide bonds. The molecule has 4 aromatic carbocycles. The van der Waals surface area contributed by atoms with E-state index in [1.165, 1.54) is 18.2 Å². The third kappa shape index (κ3) is 6.02. The molecule has 8 heteroatoms. The molecule has 0 spiro atoms. The number of hydrogen-bond acceptors (Lipinski definition) is 3. The van der Waals surface area contributed by atoms with Crippen molar-refractivity contribution in [1.29, 1.82) is 0 Å². The third-order valence-electron chi connectivity index (χ3n) is 5.68. The van der Waals surface area contributed by atoms with Gasteiger partial charge in [-0.2, -0.15) is 13.2 Å². The highest BCUT2D eigenvalue weighted by Crippen LogP contribution is 2.32. The van der Waals surface area contributed by atoms with E-state index in [0.717, 1.165) is 11.6 Å². The van der Waals surface area contributed by atoms with Gasteiger partial charge in [0.05, 0.1) is 5.56 Å². The van der Waals surface area contributed by atoms with E-state index >= 15 is 0 Å². The Hall–Kier alpha value is -4.33. The first kappa shape index (κ1) is 24.8. The second kappa shape index (κ2) is 10.5. The lowest BCUT2D eigenvalue weighted by Crippen LogP contribution is -2.42. The maximum atomic E-state index is 13.2. The highest BCUT2D eigenvalue weighted by molar-refractivity contribution is 6.00. The standard InChI is InChI=1S/C28H22F3NO4/c29-28(30,31)24-9-5-4-8-22(24)17-36-23-13-12-19-15-21(11-10-20(19)16-23)26(33)32-25(27(34)35)14-18-6-2-1-3-7-18/h1-13,15-16,25H,14,17H2,(H,32,33)(H,34,35). The fraction of sp³-hybridized carbons (Fsp3) is 0.143. The fourth-order valence-electron chi connectivity index (χ4n) is 3.83. The van der Waals surface area contributed by atoms with E-state index in [4.69, 9.17) is 4.74 Å².